The fourth-order valence-electron chi connectivity index (χ4n) is 2.84. The second-order valence-electron chi connectivity index (χ2n) is 6.34. The third kappa shape index (κ3) is 5.86. The molecule has 140 valence electrons. The third-order valence-corrected chi connectivity index (χ3v) is 4.39. The van der Waals surface area contributed by atoms with Crippen LogP contribution < -0.4 is 10.1 Å². The van der Waals surface area contributed by atoms with Crippen LogP contribution in [0.3, 0.4) is 0 Å². The predicted molar refractivity (Wildman–Crippen MR) is 107 cm³/mol. The van der Waals surface area contributed by atoms with Gasteiger partial charge in [-0.3, -0.25) is 4.79 Å². The zero-order valence-electron chi connectivity index (χ0n) is 15.1. The molecular formula is C21H22ClN3O2. The standard InChI is InChI=1S/C21H22ClN3O2/c1-16(26)24-20-4-2-3-5-21(20)27-19(14-25-13-12-23-15-25)11-8-17-6-9-18(22)10-7-17/h2-7,9-10,12-13,15,19H,8,11,14H2,1H3,(H,24,26). The maximum Gasteiger partial charge on any atom is 0.221 e. The first-order valence-electron chi connectivity index (χ1n) is 8.83. The van der Waals surface area contributed by atoms with Gasteiger partial charge in [-0.1, -0.05) is 35.9 Å². The van der Waals surface area contributed by atoms with Crippen molar-refractivity contribution in [3.63, 3.8) is 0 Å². The minimum absolute atomic E-state index is 0.0789. The molecule has 0 aliphatic rings. The zero-order chi connectivity index (χ0) is 19.1. The zero-order valence-corrected chi connectivity index (χ0v) is 15.9. The highest BCUT2D eigenvalue weighted by atomic mass is 35.5. The average Bonchev–Trinajstić information content (AvgIpc) is 3.15. The van der Waals surface area contributed by atoms with Gasteiger partial charge in [0.2, 0.25) is 5.91 Å². The highest BCUT2D eigenvalue weighted by Gasteiger charge is 2.15. The van der Waals surface area contributed by atoms with Crippen LogP contribution in [0.25, 0.3) is 0 Å². The van der Waals surface area contributed by atoms with Crippen molar-refractivity contribution in [2.24, 2.45) is 0 Å². The molecule has 1 heterocycles. The first-order chi connectivity index (χ1) is 13.1. The van der Waals surface area contributed by atoms with E-state index in [9.17, 15) is 4.79 Å². The molecule has 0 spiro atoms. The van der Waals surface area contributed by atoms with Crippen molar-refractivity contribution >= 4 is 23.2 Å². The molecule has 5 nitrogen and oxygen atoms in total. The fraction of sp³-hybridized carbons (Fsp3) is 0.238. The molecule has 0 aliphatic heterocycles. The number of carbonyl (C=O) groups excluding carboxylic acids is 1. The van der Waals surface area contributed by atoms with E-state index in [0.717, 1.165) is 17.9 Å². The van der Waals surface area contributed by atoms with Crippen LogP contribution in [0, 0.1) is 0 Å². The van der Waals surface area contributed by atoms with Gasteiger partial charge in [-0.15, -0.1) is 0 Å². The number of carbonyl (C=O) groups is 1. The van der Waals surface area contributed by atoms with Gasteiger partial charge in [-0.25, -0.2) is 4.98 Å². The van der Waals surface area contributed by atoms with E-state index < -0.39 is 0 Å². The largest absolute Gasteiger partial charge is 0.486 e. The van der Waals surface area contributed by atoms with Crippen LogP contribution in [0.5, 0.6) is 5.75 Å². The van der Waals surface area contributed by atoms with E-state index in [-0.39, 0.29) is 12.0 Å². The summed E-state index contributed by atoms with van der Waals surface area (Å²) in [6.45, 7) is 2.16. The lowest BCUT2D eigenvalue weighted by Crippen LogP contribution is -2.24. The number of ether oxygens (including phenoxy) is 1. The Balaban J connectivity index is 1.73. The molecule has 6 heteroatoms. The summed E-state index contributed by atoms with van der Waals surface area (Å²) < 4.78 is 8.27. The van der Waals surface area contributed by atoms with E-state index in [1.165, 1.54) is 12.5 Å². The molecule has 3 aromatic rings. The summed E-state index contributed by atoms with van der Waals surface area (Å²) in [5.41, 5.74) is 1.88. The predicted octanol–water partition coefficient (Wildman–Crippen LogP) is 4.58. The number of nitrogens with zero attached hydrogens (tertiary/aromatic N) is 2. The maximum absolute atomic E-state index is 11.5. The fourth-order valence-corrected chi connectivity index (χ4v) is 2.96. The van der Waals surface area contributed by atoms with Gasteiger partial charge in [0, 0.05) is 24.3 Å². The van der Waals surface area contributed by atoms with Crippen molar-refractivity contribution < 1.29 is 9.53 Å². The molecule has 0 radical (unpaired) electrons. The Morgan fingerprint density at radius 1 is 1.22 bits per heavy atom. The van der Waals surface area contributed by atoms with E-state index in [1.807, 2.05) is 59.3 Å². The molecule has 1 unspecified atom stereocenters. The summed E-state index contributed by atoms with van der Waals surface area (Å²) >= 11 is 5.97. The average molecular weight is 384 g/mol. The van der Waals surface area contributed by atoms with Crippen molar-refractivity contribution in [2.45, 2.75) is 32.4 Å². The van der Waals surface area contributed by atoms with Crippen molar-refractivity contribution in [2.75, 3.05) is 5.32 Å². The molecule has 3 rings (SSSR count). The van der Waals surface area contributed by atoms with Crippen LogP contribution in [-0.4, -0.2) is 21.6 Å². The van der Waals surface area contributed by atoms with Gasteiger partial charge in [0.1, 0.15) is 11.9 Å². The number of amides is 1. The summed E-state index contributed by atoms with van der Waals surface area (Å²) in [4.78, 5) is 15.6. The number of halogens is 1. The first-order valence-corrected chi connectivity index (χ1v) is 9.21. The normalized spacial score (nSPS) is 11.8. The topological polar surface area (TPSA) is 56.1 Å². The number of imidazole rings is 1. The van der Waals surface area contributed by atoms with Crippen molar-refractivity contribution in [3.8, 4) is 5.75 Å². The Morgan fingerprint density at radius 2 is 2.00 bits per heavy atom. The van der Waals surface area contributed by atoms with Crippen LogP contribution >= 0.6 is 11.6 Å². The summed E-state index contributed by atoms with van der Waals surface area (Å²) in [5.74, 6) is 0.535. The number of para-hydroxylation sites is 2. The number of anilines is 1. The molecule has 2 aromatic carbocycles. The Morgan fingerprint density at radius 3 is 2.70 bits per heavy atom. The SMILES string of the molecule is CC(=O)Nc1ccccc1OC(CCc1ccc(Cl)cc1)Cn1ccnc1. The summed E-state index contributed by atoms with van der Waals surface area (Å²) in [6.07, 6.45) is 7.04. The molecule has 1 aromatic heterocycles. The van der Waals surface area contributed by atoms with Gasteiger partial charge in [-0.05, 0) is 42.7 Å². The van der Waals surface area contributed by atoms with Gasteiger partial charge in [0.05, 0.1) is 18.6 Å². The van der Waals surface area contributed by atoms with Crippen molar-refractivity contribution in [3.05, 3.63) is 77.8 Å². The highest BCUT2D eigenvalue weighted by Crippen LogP contribution is 2.26. The van der Waals surface area contributed by atoms with Gasteiger partial charge in [0.25, 0.3) is 0 Å². The van der Waals surface area contributed by atoms with Gasteiger partial charge >= 0.3 is 0 Å². The summed E-state index contributed by atoms with van der Waals surface area (Å²) in [7, 11) is 0. The van der Waals surface area contributed by atoms with E-state index in [4.69, 9.17) is 16.3 Å². The number of benzene rings is 2. The molecular weight excluding hydrogens is 362 g/mol. The number of hydrogen-bond donors (Lipinski definition) is 1. The lowest BCUT2D eigenvalue weighted by molar-refractivity contribution is -0.114. The van der Waals surface area contributed by atoms with Crippen LogP contribution in [0.2, 0.25) is 5.02 Å². The minimum atomic E-state index is -0.127. The molecule has 0 saturated heterocycles. The van der Waals surface area contributed by atoms with Gasteiger partial charge in [-0.2, -0.15) is 0 Å². The highest BCUT2D eigenvalue weighted by molar-refractivity contribution is 6.30. The molecule has 0 aliphatic carbocycles. The van der Waals surface area contributed by atoms with Crippen LogP contribution in [0.4, 0.5) is 5.69 Å². The van der Waals surface area contributed by atoms with Gasteiger partial charge in [0.15, 0.2) is 0 Å². The van der Waals surface area contributed by atoms with E-state index >= 15 is 0 Å². The molecule has 27 heavy (non-hydrogen) atoms. The van der Waals surface area contributed by atoms with Crippen LogP contribution in [-0.2, 0) is 17.8 Å². The Labute approximate surface area is 164 Å². The number of aromatic nitrogens is 2. The monoisotopic (exact) mass is 383 g/mol. The summed E-state index contributed by atoms with van der Waals surface area (Å²) in [6, 6.07) is 15.3. The molecule has 1 N–H and O–H groups in total. The van der Waals surface area contributed by atoms with Crippen molar-refractivity contribution in [1.82, 2.24) is 9.55 Å². The summed E-state index contributed by atoms with van der Waals surface area (Å²) in [5, 5.41) is 3.55. The molecule has 0 fully saturated rings. The number of hydrogen-bond acceptors (Lipinski definition) is 3. The maximum atomic E-state index is 11.5. The Hall–Kier alpha value is -2.79. The Bertz CT molecular complexity index is 863. The van der Waals surface area contributed by atoms with E-state index in [0.29, 0.717) is 18.0 Å². The van der Waals surface area contributed by atoms with Gasteiger partial charge < -0.3 is 14.6 Å². The minimum Gasteiger partial charge on any atom is -0.486 e. The van der Waals surface area contributed by atoms with E-state index in [1.54, 1.807) is 12.5 Å². The third-order valence-electron chi connectivity index (χ3n) is 4.13. The van der Waals surface area contributed by atoms with Crippen LogP contribution in [0.15, 0.2) is 67.3 Å². The second kappa shape index (κ2) is 9.24. The molecule has 0 bridgehead atoms. The molecule has 1 atom stereocenters. The molecule has 0 saturated carbocycles. The lowest BCUT2D eigenvalue weighted by Gasteiger charge is -2.21. The Kier molecular flexibility index (Phi) is 6.49. The molecule has 1 amide bonds. The van der Waals surface area contributed by atoms with E-state index in [2.05, 4.69) is 10.3 Å². The first kappa shape index (κ1) is 19.0. The van der Waals surface area contributed by atoms with Crippen molar-refractivity contribution in [1.29, 1.82) is 0 Å². The van der Waals surface area contributed by atoms with Crippen LogP contribution in [0.1, 0.15) is 18.9 Å². The number of aryl methyl sites for hydroxylation is 1. The quantitative estimate of drug-likeness (QED) is 0.619. The second-order valence-corrected chi connectivity index (χ2v) is 6.78. The number of nitrogens with one attached hydrogen (secondary N) is 1. The smallest absolute Gasteiger partial charge is 0.221 e. The number of rotatable bonds is 8. The lowest BCUT2D eigenvalue weighted by atomic mass is 10.1.